The van der Waals surface area contributed by atoms with Crippen molar-refractivity contribution in [3.63, 3.8) is 0 Å². The molecule has 106 valence electrons. The van der Waals surface area contributed by atoms with Crippen molar-refractivity contribution in [3.8, 4) is 0 Å². The third-order valence-corrected chi connectivity index (χ3v) is 4.01. The molecule has 1 aromatic carbocycles. The maximum absolute atomic E-state index is 12.5. The number of hydrogen-bond donors (Lipinski definition) is 1. The summed E-state index contributed by atoms with van der Waals surface area (Å²) in [7, 11) is 1.98. The van der Waals surface area contributed by atoms with Crippen LogP contribution >= 0.6 is 0 Å². The Bertz CT molecular complexity index is 443. The highest BCUT2D eigenvalue weighted by Crippen LogP contribution is 2.37. The van der Waals surface area contributed by atoms with Gasteiger partial charge in [0.25, 0.3) is 0 Å². The molecule has 1 aliphatic rings. The Labute approximate surface area is 110 Å². The summed E-state index contributed by atoms with van der Waals surface area (Å²) in [5.74, 6) is 0. The number of halogens is 3. The molecule has 1 fully saturated rings. The summed E-state index contributed by atoms with van der Waals surface area (Å²) < 4.78 is 37.5. The van der Waals surface area contributed by atoms with E-state index in [9.17, 15) is 18.3 Å². The first-order chi connectivity index (χ1) is 8.72. The van der Waals surface area contributed by atoms with E-state index >= 15 is 0 Å². The van der Waals surface area contributed by atoms with E-state index in [-0.39, 0.29) is 6.04 Å². The third kappa shape index (κ3) is 2.92. The highest BCUT2D eigenvalue weighted by Gasteiger charge is 2.37. The number of benzene rings is 1. The normalized spacial score (nSPS) is 29.5. The van der Waals surface area contributed by atoms with E-state index in [0.717, 1.165) is 18.7 Å². The van der Waals surface area contributed by atoms with Crippen molar-refractivity contribution in [2.75, 3.05) is 13.6 Å². The lowest BCUT2D eigenvalue weighted by molar-refractivity contribution is -0.137. The SMILES string of the molecule is CC1CC(O)(c2ccc(C(F)(F)F)cc2)CCN1C. The molecule has 1 heterocycles. The van der Waals surface area contributed by atoms with Gasteiger partial charge in [0.05, 0.1) is 11.2 Å². The Morgan fingerprint density at radius 1 is 1.26 bits per heavy atom. The molecule has 0 radical (unpaired) electrons. The van der Waals surface area contributed by atoms with Crippen molar-refractivity contribution in [1.29, 1.82) is 0 Å². The van der Waals surface area contributed by atoms with Crippen LogP contribution in [-0.2, 0) is 11.8 Å². The van der Waals surface area contributed by atoms with Crippen LogP contribution in [0, 0.1) is 0 Å². The van der Waals surface area contributed by atoms with Gasteiger partial charge in [-0.2, -0.15) is 13.2 Å². The van der Waals surface area contributed by atoms with E-state index in [1.165, 1.54) is 12.1 Å². The van der Waals surface area contributed by atoms with Crippen LogP contribution in [0.25, 0.3) is 0 Å². The zero-order chi connectivity index (χ0) is 14.3. The summed E-state index contributed by atoms with van der Waals surface area (Å²) in [4.78, 5) is 2.14. The Hall–Kier alpha value is -1.07. The monoisotopic (exact) mass is 273 g/mol. The number of alkyl halides is 3. The van der Waals surface area contributed by atoms with Gasteiger partial charge in [0, 0.05) is 12.6 Å². The van der Waals surface area contributed by atoms with Crippen molar-refractivity contribution in [2.45, 2.75) is 37.6 Å². The van der Waals surface area contributed by atoms with Gasteiger partial charge >= 0.3 is 6.18 Å². The molecule has 0 aromatic heterocycles. The van der Waals surface area contributed by atoms with E-state index in [1.54, 1.807) is 0 Å². The highest BCUT2D eigenvalue weighted by atomic mass is 19.4. The molecule has 0 saturated carbocycles. The van der Waals surface area contributed by atoms with Crippen LogP contribution in [0.2, 0.25) is 0 Å². The summed E-state index contributed by atoms with van der Waals surface area (Å²) in [5.41, 5.74) is -1.13. The van der Waals surface area contributed by atoms with E-state index in [4.69, 9.17) is 0 Å². The van der Waals surface area contributed by atoms with Crippen LogP contribution in [0.5, 0.6) is 0 Å². The Morgan fingerprint density at radius 2 is 1.84 bits per heavy atom. The fourth-order valence-electron chi connectivity index (χ4n) is 2.56. The smallest absolute Gasteiger partial charge is 0.385 e. The third-order valence-electron chi connectivity index (χ3n) is 4.01. The van der Waals surface area contributed by atoms with Crippen LogP contribution in [-0.4, -0.2) is 29.6 Å². The summed E-state index contributed by atoms with van der Waals surface area (Å²) in [6, 6.07) is 5.06. The van der Waals surface area contributed by atoms with Gasteiger partial charge in [-0.05, 0) is 44.5 Å². The zero-order valence-electron chi connectivity index (χ0n) is 11.0. The molecule has 19 heavy (non-hydrogen) atoms. The van der Waals surface area contributed by atoms with Gasteiger partial charge in [0.15, 0.2) is 0 Å². The zero-order valence-corrected chi connectivity index (χ0v) is 11.0. The van der Waals surface area contributed by atoms with Crippen LogP contribution in [0.1, 0.15) is 30.9 Å². The molecule has 1 aromatic rings. The number of nitrogens with zero attached hydrogens (tertiary/aromatic N) is 1. The first-order valence-corrected chi connectivity index (χ1v) is 6.33. The first-order valence-electron chi connectivity index (χ1n) is 6.33. The van der Waals surface area contributed by atoms with Crippen molar-refractivity contribution in [2.24, 2.45) is 0 Å². The minimum absolute atomic E-state index is 0.209. The fourth-order valence-corrected chi connectivity index (χ4v) is 2.56. The molecule has 2 nitrogen and oxygen atoms in total. The van der Waals surface area contributed by atoms with Gasteiger partial charge in [-0.3, -0.25) is 0 Å². The Kier molecular flexibility index (Phi) is 3.62. The molecule has 2 unspecified atom stereocenters. The number of hydrogen-bond acceptors (Lipinski definition) is 2. The van der Waals surface area contributed by atoms with Gasteiger partial charge in [0.1, 0.15) is 0 Å². The average molecular weight is 273 g/mol. The lowest BCUT2D eigenvalue weighted by Gasteiger charge is -2.41. The summed E-state index contributed by atoms with van der Waals surface area (Å²) in [6.45, 7) is 2.74. The standard InChI is InChI=1S/C14H18F3NO/c1-10-9-13(19,7-8-18(10)2)11-3-5-12(6-4-11)14(15,16)17/h3-6,10,19H,7-9H2,1-2H3. The second-order valence-electron chi connectivity index (χ2n) is 5.39. The molecule has 1 saturated heterocycles. The van der Waals surface area contributed by atoms with E-state index in [0.29, 0.717) is 18.4 Å². The van der Waals surface area contributed by atoms with E-state index < -0.39 is 17.3 Å². The largest absolute Gasteiger partial charge is 0.416 e. The van der Waals surface area contributed by atoms with Crippen LogP contribution in [0.4, 0.5) is 13.2 Å². The van der Waals surface area contributed by atoms with Crippen LogP contribution < -0.4 is 0 Å². The first kappa shape index (κ1) is 14.3. The van der Waals surface area contributed by atoms with Crippen LogP contribution in [0.3, 0.4) is 0 Å². The molecule has 0 spiro atoms. The predicted molar refractivity (Wildman–Crippen MR) is 66.7 cm³/mol. The molecular formula is C14H18F3NO. The maximum Gasteiger partial charge on any atom is 0.416 e. The molecule has 2 rings (SSSR count). The van der Waals surface area contributed by atoms with Gasteiger partial charge in [-0.25, -0.2) is 0 Å². The molecule has 2 atom stereocenters. The fraction of sp³-hybridized carbons (Fsp3) is 0.571. The number of likely N-dealkylation sites (tertiary alicyclic amines) is 1. The van der Waals surface area contributed by atoms with Crippen molar-refractivity contribution >= 4 is 0 Å². The molecular weight excluding hydrogens is 255 g/mol. The Balaban J connectivity index is 2.22. The van der Waals surface area contributed by atoms with Gasteiger partial charge in [-0.1, -0.05) is 12.1 Å². The average Bonchev–Trinajstić information content (AvgIpc) is 2.34. The number of rotatable bonds is 1. The van der Waals surface area contributed by atoms with Crippen LogP contribution in [0.15, 0.2) is 24.3 Å². The van der Waals surface area contributed by atoms with Gasteiger partial charge in [0.2, 0.25) is 0 Å². The summed E-state index contributed by atoms with van der Waals surface area (Å²) in [5, 5.41) is 10.6. The number of piperidine rings is 1. The minimum atomic E-state index is -4.33. The lowest BCUT2D eigenvalue weighted by Crippen LogP contribution is -2.45. The highest BCUT2D eigenvalue weighted by molar-refractivity contribution is 5.29. The van der Waals surface area contributed by atoms with Crippen molar-refractivity contribution < 1.29 is 18.3 Å². The quantitative estimate of drug-likeness (QED) is 0.850. The molecule has 0 amide bonds. The van der Waals surface area contributed by atoms with Gasteiger partial charge in [-0.15, -0.1) is 0 Å². The second-order valence-corrected chi connectivity index (χ2v) is 5.39. The molecule has 1 N–H and O–H groups in total. The minimum Gasteiger partial charge on any atom is -0.385 e. The van der Waals surface area contributed by atoms with E-state index in [2.05, 4.69) is 4.90 Å². The van der Waals surface area contributed by atoms with E-state index in [1.807, 2.05) is 14.0 Å². The summed E-state index contributed by atoms with van der Waals surface area (Å²) in [6.07, 6.45) is -3.25. The Morgan fingerprint density at radius 3 is 2.32 bits per heavy atom. The predicted octanol–water partition coefficient (Wildman–Crippen LogP) is 3.01. The summed E-state index contributed by atoms with van der Waals surface area (Å²) >= 11 is 0. The topological polar surface area (TPSA) is 23.5 Å². The molecule has 0 bridgehead atoms. The molecule has 5 heteroatoms. The molecule has 1 aliphatic heterocycles. The number of aliphatic hydroxyl groups is 1. The second kappa shape index (κ2) is 4.80. The van der Waals surface area contributed by atoms with Crippen molar-refractivity contribution in [1.82, 2.24) is 4.90 Å². The lowest BCUT2D eigenvalue weighted by atomic mass is 9.81. The maximum atomic E-state index is 12.5. The van der Waals surface area contributed by atoms with Crippen molar-refractivity contribution in [3.05, 3.63) is 35.4 Å². The molecule has 0 aliphatic carbocycles. The van der Waals surface area contributed by atoms with Gasteiger partial charge < -0.3 is 10.0 Å².